The maximum Gasteiger partial charge on any atom is 0.240 e. The Bertz CT molecular complexity index is 551. The van der Waals surface area contributed by atoms with E-state index in [1.54, 1.807) is 24.3 Å². The zero-order chi connectivity index (χ0) is 15.3. The second kappa shape index (κ2) is 7.15. The lowest BCUT2D eigenvalue weighted by Gasteiger charge is -2.16. The van der Waals surface area contributed by atoms with Gasteiger partial charge in [0.15, 0.2) is 0 Å². The summed E-state index contributed by atoms with van der Waals surface area (Å²) < 4.78 is 27.1. The van der Waals surface area contributed by atoms with Crippen LogP contribution < -0.4 is 10.5 Å². The van der Waals surface area contributed by atoms with Crippen LogP contribution in [0, 0.1) is 5.92 Å². The molecule has 1 atom stereocenters. The molecule has 0 aromatic heterocycles. The number of nitrogens with one attached hydrogen (secondary N) is 1. The SMILES string of the molecule is CC(C)CC(C)NS(=O)(=O)c1ccc(CC(N)=S)cc1. The molecule has 0 saturated carbocycles. The first kappa shape index (κ1) is 17.1. The molecule has 0 bridgehead atoms. The standard InChI is InChI=1S/C14H22N2O2S2/c1-10(2)8-11(3)16-20(17,18)13-6-4-12(5-7-13)9-14(15)19/h4-7,10-11,16H,8-9H2,1-3H3,(H2,15,19). The highest BCUT2D eigenvalue weighted by Gasteiger charge is 2.17. The highest BCUT2D eigenvalue weighted by atomic mass is 32.2. The minimum Gasteiger partial charge on any atom is -0.393 e. The number of thiocarbonyl (C=S) groups is 1. The van der Waals surface area contributed by atoms with Crippen molar-refractivity contribution in [2.45, 2.75) is 44.6 Å². The molecule has 0 aliphatic heterocycles. The summed E-state index contributed by atoms with van der Waals surface area (Å²) in [5.74, 6) is 0.445. The van der Waals surface area contributed by atoms with Gasteiger partial charge in [0.05, 0.1) is 9.88 Å². The van der Waals surface area contributed by atoms with Crippen molar-refractivity contribution in [2.24, 2.45) is 11.7 Å². The largest absolute Gasteiger partial charge is 0.393 e. The molecule has 1 unspecified atom stereocenters. The molecule has 0 amide bonds. The van der Waals surface area contributed by atoms with E-state index < -0.39 is 10.0 Å². The van der Waals surface area contributed by atoms with Crippen LogP contribution in [0.25, 0.3) is 0 Å². The molecule has 0 spiro atoms. The summed E-state index contributed by atoms with van der Waals surface area (Å²) in [7, 11) is -3.46. The van der Waals surface area contributed by atoms with Crippen molar-refractivity contribution in [1.29, 1.82) is 0 Å². The van der Waals surface area contributed by atoms with Gasteiger partial charge in [-0.25, -0.2) is 13.1 Å². The molecule has 1 aromatic carbocycles. The van der Waals surface area contributed by atoms with Gasteiger partial charge in [-0.1, -0.05) is 38.2 Å². The van der Waals surface area contributed by atoms with Crippen molar-refractivity contribution in [3.63, 3.8) is 0 Å². The Morgan fingerprint density at radius 1 is 1.25 bits per heavy atom. The molecule has 1 rings (SSSR count). The molecule has 112 valence electrons. The third-order valence-electron chi connectivity index (χ3n) is 2.79. The first-order valence-corrected chi connectivity index (χ1v) is 8.49. The number of sulfonamides is 1. The lowest BCUT2D eigenvalue weighted by molar-refractivity contribution is 0.482. The molecule has 6 heteroatoms. The highest BCUT2D eigenvalue weighted by Crippen LogP contribution is 2.13. The van der Waals surface area contributed by atoms with Gasteiger partial charge < -0.3 is 5.73 Å². The van der Waals surface area contributed by atoms with Crippen molar-refractivity contribution >= 4 is 27.2 Å². The van der Waals surface area contributed by atoms with Crippen molar-refractivity contribution < 1.29 is 8.42 Å². The Morgan fingerprint density at radius 3 is 2.25 bits per heavy atom. The molecule has 0 saturated heterocycles. The van der Waals surface area contributed by atoms with Gasteiger partial charge in [-0.3, -0.25) is 0 Å². The lowest BCUT2D eigenvalue weighted by Crippen LogP contribution is -2.33. The van der Waals surface area contributed by atoms with Crippen LogP contribution in [-0.4, -0.2) is 19.4 Å². The minimum atomic E-state index is -3.46. The van der Waals surface area contributed by atoms with Gasteiger partial charge in [0.2, 0.25) is 10.0 Å². The maximum absolute atomic E-state index is 12.2. The number of hydrogen-bond acceptors (Lipinski definition) is 3. The number of benzene rings is 1. The van der Waals surface area contributed by atoms with E-state index in [1.807, 2.05) is 6.92 Å². The average Bonchev–Trinajstić information content (AvgIpc) is 2.26. The van der Waals surface area contributed by atoms with Crippen molar-refractivity contribution in [3.05, 3.63) is 29.8 Å². The van der Waals surface area contributed by atoms with Crippen LogP contribution in [0.5, 0.6) is 0 Å². The summed E-state index contributed by atoms with van der Waals surface area (Å²) in [6, 6.07) is 6.55. The fourth-order valence-electron chi connectivity index (χ4n) is 2.08. The normalized spacial score (nSPS) is 13.4. The summed E-state index contributed by atoms with van der Waals surface area (Å²) in [6.07, 6.45) is 1.28. The Morgan fingerprint density at radius 2 is 1.80 bits per heavy atom. The molecule has 20 heavy (non-hydrogen) atoms. The van der Waals surface area contributed by atoms with Crippen molar-refractivity contribution in [2.75, 3.05) is 0 Å². The average molecular weight is 314 g/mol. The molecule has 0 aliphatic rings. The highest BCUT2D eigenvalue weighted by molar-refractivity contribution is 7.89. The number of rotatable bonds is 7. The number of hydrogen-bond donors (Lipinski definition) is 2. The van der Waals surface area contributed by atoms with Crippen LogP contribution in [0.2, 0.25) is 0 Å². The van der Waals surface area contributed by atoms with E-state index in [9.17, 15) is 8.42 Å². The molecular formula is C14H22N2O2S2. The summed E-state index contributed by atoms with van der Waals surface area (Å²) in [5.41, 5.74) is 6.37. The van der Waals surface area contributed by atoms with E-state index in [-0.39, 0.29) is 10.9 Å². The summed E-state index contributed by atoms with van der Waals surface area (Å²) in [4.78, 5) is 0.657. The van der Waals surface area contributed by atoms with E-state index in [1.165, 1.54) is 0 Å². The molecule has 1 aromatic rings. The fraction of sp³-hybridized carbons (Fsp3) is 0.500. The van der Waals surface area contributed by atoms with E-state index in [0.29, 0.717) is 17.3 Å². The molecule has 0 radical (unpaired) electrons. The maximum atomic E-state index is 12.2. The molecule has 3 N–H and O–H groups in total. The van der Waals surface area contributed by atoms with Crippen LogP contribution in [0.1, 0.15) is 32.8 Å². The van der Waals surface area contributed by atoms with Gasteiger partial charge in [-0.2, -0.15) is 0 Å². The third-order valence-corrected chi connectivity index (χ3v) is 4.54. The summed E-state index contributed by atoms with van der Waals surface area (Å²) in [5, 5.41) is 0. The minimum absolute atomic E-state index is 0.0868. The zero-order valence-electron chi connectivity index (χ0n) is 12.1. The van der Waals surface area contributed by atoms with Crippen LogP contribution in [-0.2, 0) is 16.4 Å². The van der Waals surface area contributed by atoms with Gasteiger partial charge in [-0.15, -0.1) is 0 Å². The summed E-state index contributed by atoms with van der Waals surface area (Å²) >= 11 is 4.83. The van der Waals surface area contributed by atoms with Gasteiger partial charge in [0.1, 0.15) is 0 Å². The van der Waals surface area contributed by atoms with E-state index >= 15 is 0 Å². The second-order valence-electron chi connectivity index (χ2n) is 5.44. The quantitative estimate of drug-likeness (QED) is 0.757. The monoisotopic (exact) mass is 314 g/mol. The Labute approximate surface area is 126 Å². The summed E-state index contributed by atoms with van der Waals surface area (Å²) in [6.45, 7) is 6.00. The Kier molecular flexibility index (Phi) is 6.10. The Hall–Kier alpha value is -0.980. The predicted molar refractivity (Wildman–Crippen MR) is 86.2 cm³/mol. The van der Waals surface area contributed by atoms with Crippen molar-refractivity contribution in [1.82, 2.24) is 4.72 Å². The molecule has 0 heterocycles. The predicted octanol–water partition coefficient (Wildman–Crippen LogP) is 2.23. The molecule has 0 aliphatic carbocycles. The molecule has 0 fully saturated rings. The van der Waals surface area contributed by atoms with Crippen LogP contribution in [0.4, 0.5) is 0 Å². The second-order valence-corrected chi connectivity index (χ2v) is 7.68. The van der Waals surface area contributed by atoms with Gasteiger partial charge in [-0.05, 0) is 37.0 Å². The van der Waals surface area contributed by atoms with Gasteiger partial charge in [0, 0.05) is 12.5 Å². The fourth-order valence-corrected chi connectivity index (χ4v) is 3.50. The third kappa shape index (κ3) is 5.56. The molecule has 4 nitrogen and oxygen atoms in total. The zero-order valence-corrected chi connectivity index (χ0v) is 13.7. The van der Waals surface area contributed by atoms with Crippen LogP contribution >= 0.6 is 12.2 Å². The van der Waals surface area contributed by atoms with E-state index in [0.717, 1.165) is 12.0 Å². The Balaban J connectivity index is 2.80. The van der Waals surface area contributed by atoms with Gasteiger partial charge >= 0.3 is 0 Å². The van der Waals surface area contributed by atoms with E-state index in [2.05, 4.69) is 18.6 Å². The lowest BCUT2D eigenvalue weighted by atomic mass is 10.1. The van der Waals surface area contributed by atoms with Crippen LogP contribution in [0.3, 0.4) is 0 Å². The first-order valence-electron chi connectivity index (χ1n) is 6.60. The number of nitrogens with two attached hydrogens (primary N) is 1. The van der Waals surface area contributed by atoms with Gasteiger partial charge in [0.25, 0.3) is 0 Å². The first-order chi connectivity index (χ1) is 9.20. The van der Waals surface area contributed by atoms with Crippen LogP contribution in [0.15, 0.2) is 29.2 Å². The van der Waals surface area contributed by atoms with E-state index in [4.69, 9.17) is 18.0 Å². The van der Waals surface area contributed by atoms with Crippen molar-refractivity contribution in [3.8, 4) is 0 Å². The molecular weight excluding hydrogens is 292 g/mol. The topological polar surface area (TPSA) is 72.2 Å². The smallest absolute Gasteiger partial charge is 0.240 e.